The molecule has 57 valence electrons. The molecule has 1 heterocycles. The van der Waals surface area contributed by atoms with Crippen LogP contribution in [0.5, 0.6) is 0 Å². The van der Waals surface area contributed by atoms with Crippen LogP contribution in [0.25, 0.3) is 0 Å². The monoisotopic (exact) mass is 151 g/mol. The molecule has 0 saturated carbocycles. The van der Waals surface area contributed by atoms with E-state index < -0.39 is 4.92 Å². The number of hydrogen-bond donors (Lipinski definition) is 0. The van der Waals surface area contributed by atoms with Crippen LogP contribution in [0.15, 0.2) is 18.3 Å². The topological polar surface area (TPSA) is 56.0 Å². The third kappa shape index (κ3) is 1.73. The Balaban J connectivity index is 2.91. The summed E-state index contributed by atoms with van der Waals surface area (Å²) in [6, 6.07) is 3.03. The predicted molar refractivity (Wildman–Crippen MR) is 40.0 cm³/mol. The third-order valence-corrected chi connectivity index (χ3v) is 1.28. The fourth-order valence-corrected chi connectivity index (χ4v) is 0.673. The van der Waals surface area contributed by atoms with E-state index >= 15 is 0 Å². The van der Waals surface area contributed by atoms with Crippen molar-refractivity contribution in [3.05, 3.63) is 40.9 Å². The minimum absolute atomic E-state index is 0.123. The zero-order valence-corrected chi connectivity index (χ0v) is 5.86. The van der Waals surface area contributed by atoms with Crippen LogP contribution in [0.4, 0.5) is 5.82 Å². The van der Waals surface area contributed by atoms with Crippen molar-refractivity contribution < 1.29 is 4.92 Å². The van der Waals surface area contributed by atoms with E-state index in [0.717, 1.165) is 5.56 Å². The van der Waals surface area contributed by atoms with Crippen LogP contribution < -0.4 is 0 Å². The fourth-order valence-electron chi connectivity index (χ4n) is 0.673. The van der Waals surface area contributed by atoms with Crippen molar-refractivity contribution in [3.63, 3.8) is 0 Å². The summed E-state index contributed by atoms with van der Waals surface area (Å²) in [5, 5.41) is 10.1. The zero-order valence-electron chi connectivity index (χ0n) is 5.86. The van der Waals surface area contributed by atoms with Gasteiger partial charge in [0.15, 0.2) is 0 Å². The molecule has 0 amide bonds. The summed E-state index contributed by atoms with van der Waals surface area (Å²) in [6.07, 6.45) is 2.07. The molecule has 11 heavy (non-hydrogen) atoms. The average molecular weight is 151 g/mol. The van der Waals surface area contributed by atoms with Gasteiger partial charge in [-0.15, -0.1) is 0 Å². The van der Waals surface area contributed by atoms with Gasteiger partial charge in [-0.1, -0.05) is 0 Å². The lowest BCUT2D eigenvalue weighted by Crippen LogP contribution is -1.92. The highest BCUT2D eigenvalue weighted by molar-refractivity contribution is 5.22. The largest absolute Gasteiger partial charge is 0.363 e. The number of hydrogen-bond acceptors (Lipinski definition) is 3. The molecular formula is C7H7N2O2. The molecule has 1 radical (unpaired) electrons. The van der Waals surface area contributed by atoms with Crippen molar-refractivity contribution in [2.75, 3.05) is 0 Å². The van der Waals surface area contributed by atoms with Gasteiger partial charge in [-0.2, -0.15) is 0 Å². The summed E-state index contributed by atoms with van der Waals surface area (Å²) in [6.45, 7) is 3.62. The number of rotatable bonds is 2. The molecule has 0 aliphatic rings. The molecule has 0 aliphatic carbocycles. The normalized spacial score (nSPS) is 9.55. The summed E-state index contributed by atoms with van der Waals surface area (Å²) in [5.74, 6) is -0.123. The fraction of sp³-hybridized carbons (Fsp3) is 0.143. The minimum Gasteiger partial charge on any atom is -0.358 e. The Labute approximate surface area is 64.0 Å². The summed E-state index contributed by atoms with van der Waals surface area (Å²) < 4.78 is 0. The molecule has 0 spiro atoms. The van der Waals surface area contributed by atoms with E-state index in [1.807, 2.05) is 0 Å². The van der Waals surface area contributed by atoms with Gasteiger partial charge in [0.1, 0.15) is 6.20 Å². The van der Waals surface area contributed by atoms with Gasteiger partial charge in [0.05, 0.1) is 0 Å². The smallest absolute Gasteiger partial charge is 0.358 e. The van der Waals surface area contributed by atoms with Crippen LogP contribution in [-0.2, 0) is 6.42 Å². The van der Waals surface area contributed by atoms with Crippen LogP contribution in [0.1, 0.15) is 5.56 Å². The SMILES string of the molecule is [CH2]Cc1ccc([N+](=O)[O-])nc1. The van der Waals surface area contributed by atoms with Crippen molar-refractivity contribution >= 4 is 5.82 Å². The quantitative estimate of drug-likeness (QED) is 0.473. The van der Waals surface area contributed by atoms with Gasteiger partial charge in [0, 0.05) is 6.07 Å². The number of nitro groups is 1. The van der Waals surface area contributed by atoms with Crippen LogP contribution in [0.3, 0.4) is 0 Å². The molecule has 4 heteroatoms. The molecule has 0 fully saturated rings. The van der Waals surface area contributed by atoms with E-state index in [9.17, 15) is 10.1 Å². The molecule has 0 aromatic carbocycles. The van der Waals surface area contributed by atoms with Crippen molar-refractivity contribution in [2.24, 2.45) is 0 Å². The summed E-state index contributed by atoms with van der Waals surface area (Å²) in [4.78, 5) is 13.2. The Kier molecular flexibility index (Phi) is 2.15. The summed E-state index contributed by atoms with van der Waals surface area (Å²) >= 11 is 0. The van der Waals surface area contributed by atoms with Gasteiger partial charge in [0.2, 0.25) is 0 Å². The maximum absolute atomic E-state index is 10.1. The van der Waals surface area contributed by atoms with Crippen molar-refractivity contribution in [1.82, 2.24) is 4.98 Å². The highest BCUT2D eigenvalue weighted by atomic mass is 16.6. The summed E-state index contributed by atoms with van der Waals surface area (Å²) in [7, 11) is 0. The van der Waals surface area contributed by atoms with E-state index in [1.54, 1.807) is 6.07 Å². The van der Waals surface area contributed by atoms with E-state index in [2.05, 4.69) is 11.9 Å². The number of nitrogens with zero attached hydrogens (tertiary/aromatic N) is 2. The molecule has 0 aliphatic heterocycles. The molecule has 0 unspecified atom stereocenters. The summed E-state index contributed by atoms with van der Waals surface area (Å²) in [5.41, 5.74) is 0.899. The maximum Gasteiger partial charge on any atom is 0.363 e. The van der Waals surface area contributed by atoms with E-state index in [0.29, 0.717) is 6.42 Å². The predicted octanol–water partition coefficient (Wildman–Crippen LogP) is 1.37. The molecule has 0 atom stereocenters. The molecule has 1 aromatic rings. The van der Waals surface area contributed by atoms with Crippen LogP contribution in [0, 0.1) is 17.0 Å². The Bertz CT molecular complexity index is 256. The lowest BCUT2D eigenvalue weighted by Gasteiger charge is -1.92. The van der Waals surface area contributed by atoms with Crippen LogP contribution >= 0.6 is 0 Å². The average Bonchev–Trinajstić information content (AvgIpc) is 2.05. The molecule has 1 aromatic heterocycles. The molecule has 0 N–H and O–H groups in total. The number of pyridine rings is 1. The van der Waals surface area contributed by atoms with E-state index in [4.69, 9.17) is 0 Å². The van der Waals surface area contributed by atoms with Crippen molar-refractivity contribution in [1.29, 1.82) is 0 Å². The highest BCUT2D eigenvalue weighted by Gasteiger charge is 2.04. The number of aromatic nitrogens is 1. The van der Waals surface area contributed by atoms with Gasteiger partial charge < -0.3 is 10.1 Å². The molecule has 1 rings (SSSR count). The lowest BCUT2D eigenvalue weighted by atomic mass is 10.2. The van der Waals surface area contributed by atoms with Crippen molar-refractivity contribution in [2.45, 2.75) is 6.42 Å². The second-order valence-corrected chi connectivity index (χ2v) is 2.03. The Morgan fingerprint density at radius 2 is 2.36 bits per heavy atom. The molecular weight excluding hydrogens is 144 g/mol. The van der Waals surface area contributed by atoms with Crippen LogP contribution in [-0.4, -0.2) is 9.91 Å². The zero-order chi connectivity index (χ0) is 8.27. The minimum atomic E-state index is -0.521. The first kappa shape index (κ1) is 7.65. The van der Waals surface area contributed by atoms with Gasteiger partial charge >= 0.3 is 5.82 Å². The standard InChI is InChI=1S/C7H7N2O2/c1-2-6-3-4-7(8-5-6)9(10)11/h3-5H,1-2H2. The highest BCUT2D eigenvalue weighted by Crippen LogP contribution is 2.06. The van der Waals surface area contributed by atoms with E-state index in [-0.39, 0.29) is 5.82 Å². The first-order valence-corrected chi connectivity index (χ1v) is 3.12. The Hall–Kier alpha value is -1.45. The van der Waals surface area contributed by atoms with E-state index in [1.165, 1.54) is 12.3 Å². The van der Waals surface area contributed by atoms with Gasteiger partial charge in [0.25, 0.3) is 0 Å². The Morgan fingerprint density at radius 3 is 2.73 bits per heavy atom. The third-order valence-electron chi connectivity index (χ3n) is 1.28. The molecule has 0 bridgehead atoms. The van der Waals surface area contributed by atoms with Crippen molar-refractivity contribution in [3.8, 4) is 0 Å². The first-order chi connectivity index (χ1) is 5.24. The molecule has 4 nitrogen and oxygen atoms in total. The van der Waals surface area contributed by atoms with Crippen LogP contribution in [0.2, 0.25) is 0 Å². The first-order valence-electron chi connectivity index (χ1n) is 3.12. The second-order valence-electron chi connectivity index (χ2n) is 2.03. The second kappa shape index (κ2) is 3.09. The van der Waals surface area contributed by atoms with Gasteiger partial charge in [-0.25, -0.2) is 0 Å². The Morgan fingerprint density at radius 1 is 1.64 bits per heavy atom. The maximum atomic E-state index is 10.1. The lowest BCUT2D eigenvalue weighted by molar-refractivity contribution is -0.389. The van der Waals surface area contributed by atoms with Gasteiger partial charge in [-0.05, 0) is 34.9 Å². The molecule has 0 saturated heterocycles. The van der Waals surface area contributed by atoms with Gasteiger partial charge in [-0.3, -0.25) is 0 Å².